The normalized spacial score (nSPS) is 11.8. The molecule has 0 aromatic heterocycles. The van der Waals surface area contributed by atoms with Crippen molar-refractivity contribution in [3.63, 3.8) is 0 Å². The maximum atomic E-state index is 12.8. The fourth-order valence-electron chi connectivity index (χ4n) is 1.80. The van der Waals surface area contributed by atoms with E-state index in [1.54, 1.807) is 0 Å². The zero-order chi connectivity index (χ0) is 15.6. The molecule has 1 nitrogen and oxygen atoms in total. The Morgan fingerprint density at radius 3 is 2.29 bits per heavy atom. The Hall–Kier alpha value is -1.82. The zero-order valence-electron chi connectivity index (χ0n) is 10.3. The van der Waals surface area contributed by atoms with Crippen LogP contribution in [0.2, 0.25) is 5.02 Å². The topological polar surface area (TPSA) is 9.23 Å². The molecule has 0 fully saturated rings. The van der Waals surface area contributed by atoms with E-state index in [1.807, 2.05) is 0 Å². The molecule has 0 amide bonds. The lowest BCUT2D eigenvalue weighted by Crippen LogP contribution is -2.17. The van der Waals surface area contributed by atoms with E-state index in [-0.39, 0.29) is 21.7 Å². The van der Waals surface area contributed by atoms with Gasteiger partial charge < -0.3 is 4.74 Å². The molecule has 0 unspecified atom stereocenters. The van der Waals surface area contributed by atoms with Crippen LogP contribution in [0.4, 0.5) is 22.0 Å². The molecule has 0 aliphatic carbocycles. The van der Waals surface area contributed by atoms with Crippen LogP contribution >= 0.6 is 11.6 Å². The highest BCUT2D eigenvalue weighted by Gasteiger charge is 2.31. The first-order chi connectivity index (χ1) is 9.78. The average Bonchev–Trinajstić information content (AvgIpc) is 2.36. The molecule has 0 radical (unpaired) electrons. The molecule has 0 saturated carbocycles. The van der Waals surface area contributed by atoms with Gasteiger partial charge in [0.25, 0.3) is 6.43 Å². The van der Waals surface area contributed by atoms with Crippen molar-refractivity contribution in [3.8, 4) is 16.9 Å². The van der Waals surface area contributed by atoms with Crippen molar-refractivity contribution in [2.75, 3.05) is 0 Å². The van der Waals surface area contributed by atoms with Gasteiger partial charge in [0, 0.05) is 11.1 Å². The van der Waals surface area contributed by atoms with Crippen LogP contribution in [-0.2, 0) is 0 Å². The smallest absolute Gasteiger partial charge is 0.406 e. The molecule has 0 aliphatic rings. The van der Waals surface area contributed by atoms with Crippen molar-refractivity contribution < 1.29 is 26.7 Å². The molecule has 0 aliphatic heterocycles. The van der Waals surface area contributed by atoms with Crippen molar-refractivity contribution in [1.29, 1.82) is 0 Å². The molecule has 0 N–H and O–H groups in total. The number of alkyl halides is 5. The van der Waals surface area contributed by atoms with Gasteiger partial charge >= 0.3 is 6.36 Å². The number of halogens is 6. The minimum absolute atomic E-state index is 0.198. The number of hydrogen-bond acceptors (Lipinski definition) is 1. The molecular weight excluding hydrogens is 315 g/mol. The first-order valence-electron chi connectivity index (χ1n) is 5.70. The summed E-state index contributed by atoms with van der Waals surface area (Å²) in [5.74, 6) is -0.446. The summed E-state index contributed by atoms with van der Waals surface area (Å²) in [7, 11) is 0. The van der Waals surface area contributed by atoms with Gasteiger partial charge in [-0.3, -0.25) is 0 Å². The number of rotatable bonds is 3. The SMILES string of the molecule is FC(F)c1cccc(-c2cccc(OC(F)(F)F)c2)c1Cl. The Bertz CT molecular complexity index is 640. The van der Waals surface area contributed by atoms with Crippen LogP contribution in [0, 0.1) is 0 Å². The van der Waals surface area contributed by atoms with Gasteiger partial charge in [-0.25, -0.2) is 8.78 Å². The van der Waals surface area contributed by atoms with Crippen LogP contribution in [0.15, 0.2) is 42.5 Å². The Labute approximate surface area is 121 Å². The second kappa shape index (κ2) is 5.89. The van der Waals surface area contributed by atoms with Gasteiger partial charge in [0.2, 0.25) is 0 Å². The fourth-order valence-corrected chi connectivity index (χ4v) is 2.12. The summed E-state index contributed by atoms with van der Waals surface area (Å²) in [5, 5.41) is -0.198. The summed E-state index contributed by atoms with van der Waals surface area (Å²) < 4.78 is 65.9. The van der Waals surface area contributed by atoms with Crippen molar-refractivity contribution in [2.45, 2.75) is 12.8 Å². The molecule has 21 heavy (non-hydrogen) atoms. The van der Waals surface area contributed by atoms with Crippen molar-refractivity contribution >= 4 is 11.6 Å². The highest BCUT2D eigenvalue weighted by molar-refractivity contribution is 6.34. The molecule has 2 rings (SSSR count). The predicted octanol–water partition coefficient (Wildman–Crippen LogP) is 5.84. The molecule has 0 spiro atoms. The molecule has 7 heteroatoms. The Morgan fingerprint density at radius 2 is 1.67 bits per heavy atom. The maximum absolute atomic E-state index is 12.8. The maximum Gasteiger partial charge on any atom is 0.573 e. The third kappa shape index (κ3) is 3.85. The largest absolute Gasteiger partial charge is 0.573 e. The summed E-state index contributed by atoms with van der Waals surface area (Å²) in [6.45, 7) is 0. The van der Waals surface area contributed by atoms with E-state index in [1.165, 1.54) is 24.3 Å². The standard InChI is InChI=1S/C14H8ClF5O/c15-12-10(5-2-6-11(12)13(16)17)8-3-1-4-9(7-8)21-14(18,19)20/h1-7,13H. The first kappa shape index (κ1) is 15.6. The van der Waals surface area contributed by atoms with Gasteiger partial charge in [0.05, 0.1) is 5.02 Å². The molecule has 0 saturated heterocycles. The minimum atomic E-state index is -4.83. The quantitative estimate of drug-likeness (QED) is 0.645. The Balaban J connectivity index is 2.43. The molecular formula is C14H8ClF5O. The number of ether oxygens (including phenoxy) is 1. The van der Waals surface area contributed by atoms with Crippen LogP contribution in [0.3, 0.4) is 0 Å². The summed E-state index contributed by atoms with van der Waals surface area (Å²) in [5.41, 5.74) is 0.0858. The molecule has 0 atom stereocenters. The van der Waals surface area contributed by atoms with E-state index in [0.717, 1.165) is 18.2 Å². The van der Waals surface area contributed by atoms with Crippen molar-refractivity contribution in [1.82, 2.24) is 0 Å². The third-order valence-corrected chi connectivity index (χ3v) is 3.06. The molecule has 112 valence electrons. The van der Waals surface area contributed by atoms with E-state index in [2.05, 4.69) is 4.74 Å². The van der Waals surface area contributed by atoms with Crippen molar-refractivity contribution in [3.05, 3.63) is 53.1 Å². The van der Waals surface area contributed by atoms with Crippen LogP contribution < -0.4 is 4.74 Å². The number of hydrogen-bond donors (Lipinski definition) is 0. The van der Waals surface area contributed by atoms with Gasteiger partial charge in [-0.2, -0.15) is 0 Å². The lowest BCUT2D eigenvalue weighted by atomic mass is 10.0. The summed E-state index contributed by atoms with van der Waals surface area (Å²) in [6, 6.07) is 8.95. The van der Waals surface area contributed by atoms with Gasteiger partial charge in [0.1, 0.15) is 5.75 Å². The lowest BCUT2D eigenvalue weighted by Gasteiger charge is -2.12. The van der Waals surface area contributed by atoms with E-state index in [9.17, 15) is 22.0 Å². The molecule has 2 aromatic rings. The lowest BCUT2D eigenvalue weighted by molar-refractivity contribution is -0.274. The van der Waals surface area contributed by atoms with Gasteiger partial charge in [-0.05, 0) is 17.7 Å². The first-order valence-corrected chi connectivity index (χ1v) is 6.08. The fraction of sp³-hybridized carbons (Fsp3) is 0.143. The van der Waals surface area contributed by atoms with Crippen molar-refractivity contribution in [2.24, 2.45) is 0 Å². The van der Waals surface area contributed by atoms with Gasteiger partial charge in [-0.1, -0.05) is 41.9 Å². The molecule has 0 heterocycles. The van der Waals surface area contributed by atoms with Gasteiger partial charge in [-0.15, -0.1) is 13.2 Å². The monoisotopic (exact) mass is 322 g/mol. The summed E-state index contributed by atoms with van der Waals surface area (Å²) in [4.78, 5) is 0. The van der Waals surface area contributed by atoms with E-state index in [0.29, 0.717) is 0 Å². The van der Waals surface area contributed by atoms with Gasteiger partial charge in [0.15, 0.2) is 0 Å². The average molecular weight is 323 g/mol. The zero-order valence-corrected chi connectivity index (χ0v) is 11.1. The predicted molar refractivity (Wildman–Crippen MR) is 68.5 cm³/mol. The Morgan fingerprint density at radius 1 is 1.00 bits per heavy atom. The van der Waals surface area contributed by atoms with Crippen LogP contribution in [0.5, 0.6) is 5.75 Å². The van der Waals surface area contributed by atoms with E-state index >= 15 is 0 Å². The third-order valence-electron chi connectivity index (χ3n) is 2.64. The van der Waals surface area contributed by atoms with E-state index in [4.69, 9.17) is 11.6 Å². The highest BCUT2D eigenvalue weighted by atomic mass is 35.5. The number of benzene rings is 2. The Kier molecular flexibility index (Phi) is 4.37. The van der Waals surface area contributed by atoms with E-state index < -0.39 is 18.5 Å². The van der Waals surface area contributed by atoms with Crippen LogP contribution in [0.25, 0.3) is 11.1 Å². The minimum Gasteiger partial charge on any atom is -0.406 e. The highest BCUT2D eigenvalue weighted by Crippen LogP contribution is 2.37. The summed E-state index contributed by atoms with van der Waals surface area (Å²) >= 11 is 5.88. The molecule has 2 aromatic carbocycles. The molecule has 0 bridgehead atoms. The second-order valence-corrected chi connectivity index (χ2v) is 4.46. The second-order valence-electron chi connectivity index (χ2n) is 4.09. The summed E-state index contributed by atoms with van der Waals surface area (Å²) in [6.07, 6.45) is -7.60. The van der Waals surface area contributed by atoms with Crippen LogP contribution in [0.1, 0.15) is 12.0 Å². The van der Waals surface area contributed by atoms with Crippen LogP contribution in [-0.4, -0.2) is 6.36 Å².